The van der Waals surface area contributed by atoms with Gasteiger partial charge in [-0.05, 0) is 49.7 Å². The maximum atomic E-state index is 12.4. The summed E-state index contributed by atoms with van der Waals surface area (Å²) in [5.41, 5.74) is 2.91. The molecule has 7 nitrogen and oxygen atoms in total. The van der Waals surface area contributed by atoms with Crippen molar-refractivity contribution in [2.75, 3.05) is 18.4 Å². The molecule has 1 amide bonds. The van der Waals surface area contributed by atoms with E-state index in [1.165, 1.54) is 17.8 Å². The van der Waals surface area contributed by atoms with Crippen molar-refractivity contribution in [2.24, 2.45) is 11.8 Å². The van der Waals surface area contributed by atoms with E-state index in [1.807, 2.05) is 11.4 Å². The summed E-state index contributed by atoms with van der Waals surface area (Å²) >= 11 is 1.44. The van der Waals surface area contributed by atoms with E-state index >= 15 is 0 Å². The number of rotatable bonds is 6. The molecule has 0 bridgehead atoms. The molecule has 2 N–H and O–H groups in total. The second-order valence-corrected chi connectivity index (χ2v) is 9.36. The number of pyridine rings is 1. The summed E-state index contributed by atoms with van der Waals surface area (Å²) in [5.74, 6) is 1.28. The van der Waals surface area contributed by atoms with Crippen LogP contribution in [0, 0.1) is 37.0 Å². The quantitative estimate of drug-likeness (QED) is 0.736. The fraction of sp³-hybridized carbons (Fsp3) is 0.545. The molecule has 0 spiro atoms. The van der Waals surface area contributed by atoms with Crippen molar-refractivity contribution in [2.45, 2.75) is 53.5 Å². The largest absolute Gasteiger partial charge is 0.325 e. The van der Waals surface area contributed by atoms with E-state index in [-0.39, 0.29) is 23.5 Å². The van der Waals surface area contributed by atoms with Crippen molar-refractivity contribution in [3.8, 4) is 6.07 Å². The molecule has 2 aromatic heterocycles. The highest BCUT2D eigenvalue weighted by molar-refractivity contribution is 7.13. The second kappa shape index (κ2) is 9.54. The Balaban J connectivity index is 1.57. The molecule has 2 atom stereocenters. The topological polar surface area (TPSA) is 102 Å². The van der Waals surface area contributed by atoms with Crippen LogP contribution >= 0.6 is 11.3 Å². The summed E-state index contributed by atoms with van der Waals surface area (Å²) in [5, 5.41) is 14.7. The van der Waals surface area contributed by atoms with E-state index in [0.29, 0.717) is 34.6 Å². The van der Waals surface area contributed by atoms with Crippen LogP contribution in [0.1, 0.15) is 54.8 Å². The Morgan fingerprint density at radius 2 is 2.07 bits per heavy atom. The molecule has 0 radical (unpaired) electrons. The molecule has 160 valence electrons. The number of H-pyrrole nitrogens is 1. The van der Waals surface area contributed by atoms with E-state index in [9.17, 15) is 14.9 Å². The summed E-state index contributed by atoms with van der Waals surface area (Å²) in [6.07, 6.45) is 1.99. The van der Waals surface area contributed by atoms with Gasteiger partial charge in [-0.2, -0.15) is 5.26 Å². The number of aromatic amines is 1. The predicted octanol–water partition coefficient (Wildman–Crippen LogP) is 3.37. The molecule has 1 fully saturated rings. The number of anilines is 1. The zero-order valence-electron chi connectivity index (χ0n) is 18.0. The number of carbonyl (C=O) groups excluding carboxylic acids is 1. The fourth-order valence-electron chi connectivity index (χ4n) is 4.43. The third kappa shape index (κ3) is 5.35. The van der Waals surface area contributed by atoms with Crippen molar-refractivity contribution in [3.63, 3.8) is 0 Å². The molecular formula is C22H29N5O2S. The Kier molecular flexibility index (Phi) is 7.06. The second-order valence-electron chi connectivity index (χ2n) is 8.50. The summed E-state index contributed by atoms with van der Waals surface area (Å²) in [7, 11) is 0. The van der Waals surface area contributed by atoms with Gasteiger partial charge in [-0.1, -0.05) is 13.8 Å². The molecule has 0 aromatic carbocycles. The van der Waals surface area contributed by atoms with Crippen LogP contribution in [-0.2, 0) is 17.8 Å². The van der Waals surface area contributed by atoms with Crippen LogP contribution in [0.5, 0.6) is 0 Å². The van der Waals surface area contributed by atoms with Gasteiger partial charge in [0.05, 0.1) is 5.69 Å². The summed E-state index contributed by atoms with van der Waals surface area (Å²) in [6.45, 7) is 11.1. The van der Waals surface area contributed by atoms with Crippen molar-refractivity contribution < 1.29 is 4.79 Å². The first-order chi connectivity index (χ1) is 14.3. The van der Waals surface area contributed by atoms with Gasteiger partial charge in [0, 0.05) is 37.1 Å². The number of likely N-dealkylation sites (tertiary alicyclic amines) is 1. The summed E-state index contributed by atoms with van der Waals surface area (Å²) in [6, 6.07) is 1.94. The number of nitrogens with one attached hydrogen (secondary N) is 2. The lowest BCUT2D eigenvalue weighted by Crippen LogP contribution is -2.38. The van der Waals surface area contributed by atoms with Gasteiger partial charge in [0.25, 0.3) is 5.56 Å². The third-order valence-electron chi connectivity index (χ3n) is 5.65. The van der Waals surface area contributed by atoms with Crippen LogP contribution in [0.4, 0.5) is 5.13 Å². The van der Waals surface area contributed by atoms with Crippen LogP contribution in [0.25, 0.3) is 0 Å². The predicted molar refractivity (Wildman–Crippen MR) is 119 cm³/mol. The molecule has 1 aliphatic rings. The standard InChI is InChI=1S/C22H29N5O2S/c1-13-7-14(2)10-27(9-13)11-17-12-30-22(25-17)26-20(28)6-5-18-15(3)19(8-23)21(29)24-16(18)4/h12-14H,5-7,9-11H2,1-4H3,(H,24,29)(H,25,26,28)/t13-,14+. The van der Waals surface area contributed by atoms with Gasteiger partial charge < -0.3 is 10.3 Å². The summed E-state index contributed by atoms with van der Waals surface area (Å²) in [4.78, 5) is 34.0. The first-order valence-corrected chi connectivity index (χ1v) is 11.2. The SMILES string of the molecule is Cc1[nH]c(=O)c(C#N)c(C)c1CCC(=O)Nc1nc(CN2C[C@H](C)C[C@H](C)C2)cs1. The minimum atomic E-state index is -0.381. The van der Waals surface area contributed by atoms with Gasteiger partial charge in [0.1, 0.15) is 11.6 Å². The lowest BCUT2D eigenvalue weighted by molar-refractivity contribution is -0.116. The van der Waals surface area contributed by atoms with Gasteiger partial charge in [0.15, 0.2) is 5.13 Å². The number of thiazole rings is 1. The number of aryl methyl sites for hydroxylation is 1. The molecular weight excluding hydrogens is 398 g/mol. The van der Waals surface area contributed by atoms with Gasteiger partial charge in [-0.3, -0.25) is 14.5 Å². The average Bonchev–Trinajstić information content (AvgIpc) is 3.07. The zero-order chi connectivity index (χ0) is 21.8. The number of amides is 1. The molecule has 2 aromatic rings. The molecule has 3 rings (SSSR count). The Morgan fingerprint density at radius 3 is 2.73 bits per heavy atom. The Hall–Kier alpha value is -2.50. The minimum absolute atomic E-state index is 0.113. The molecule has 3 heterocycles. The van der Waals surface area contributed by atoms with Crippen LogP contribution in [-0.4, -0.2) is 33.9 Å². The fourth-order valence-corrected chi connectivity index (χ4v) is 5.15. The van der Waals surface area contributed by atoms with Gasteiger partial charge in [0.2, 0.25) is 5.91 Å². The number of piperidine rings is 1. The van der Waals surface area contributed by atoms with E-state index in [2.05, 4.69) is 34.0 Å². The third-order valence-corrected chi connectivity index (χ3v) is 6.46. The number of hydrogen-bond acceptors (Lipinski definition) is 6. The molecule has 1 aliphatic heterocycles. The van der Waals surface area contributed by atoms with Crippen LogP contribution in [0.15, 0.2) is 10.2 Å². The van der Waals surface area contributed by atoms with Crippen molar-refractivity contribution in [1.82, 2.24) is 14.9 Å². The lowest BCUT2D eigenvalue weighted by atomic mass is 9.92. The van der Waals surface area contributed by atoms with Crippen LogP contribution < -0.4 is 10.9 Å². The number of hydrogen-bond donors (Lipinski definition) is 2. The number of nitrogens with zero attached hydrogens (tertiary/aromatic N) is 3. The number of nitriles is 1. The lowest BCUT2D eigenvalue weighted by Gasteiger charge is -2.34. The van der Waals surface area contributed by atoms with Crippen molar-refractivity contribution >= 4 is 22.4 Å². The number of aromatic nitrogens is 2. The number of carbonyl (C=O) groups is 1. The van der Waals surface area contributed by atoms with E-state index < -0.39 is 0 Å². The highest BCUT2D eigenvalue weighted by atomic mass is 32.1. The minimum Gasteiger partial charge on any atom is -0.325 e. The Morgan fingerprint density at radius 1 is 1.37 bits per heavy atom. The molecule has 30 heavy (non-hydrogen) atoms. The van der Waals surface area contributed by atoms with E-state index in [0.717, 1.165) is 30.9 Å². The molecule has 0 unspecified atom stereocenters. The highest BCUT2D eigenvalue weighted by Crippen LogP contribution is 2.24. The van der Waals surface area contributed by atoms with Crippen LogP contribution in [0.2, 0.25) is 0 Å². The maximum absolute atomic E-state index is 12.4. The molecule has 8 heteroatoms. The highest BCUT2D eigenvalue weighted by Gasteiger charge is 2.22. The van der Waals surface area contributed by atoms with Gasteiger partial charge in [-0.25, -0.2) is 4.98 Å². The monoisotopic (exact) mass is 427 g/mol. The molecule has 0 aliphatic carbocycles. The van der Waals surface area contributed by atoms with Crippen molar-refractivity contribution in [1.29, 1.82) is 5.26 Å². The van der Waals surface area contributed by atoms with Crippen LogP contribution in [0.3, 0.4) is 0 Å². The first kappa shape index (κ1) is 22.2. The smallest absolute Gasteiger partial charge is 0.266 e. The van der Waals surface area contributed by atoms with E-state index in [1.54, 1.807) is 13.8 Å². The van der Waals surface area contributed by atoms with Crippen molar-refractivity contribution in [3.05, 3.63) is 43.8 Å². The molecule has 1 saturated heterocycles. The van der Waals surface area contributed by atoms with E-state index in [4.69, 9.17) is 0 Å². The first-order valence-electron chi connectivity index (χ1n) is 10.4. The average molecular weight is 428 g/mol. The van der Waals surface area contributed by atoms with Gasteiger partial charge in [-0.15, -0.1) is 11.3 Å². The maximum Gasteiger partial charge on any atom is 0.266 e. The zero-order valence-corrected chi connectivity index (χ0v) is 18.9. The summed E-state index contributed by atoms with van der Waals surface area (Å²) < 4.78 is 0. The Bertz CT molecular complexity index is 1010. The molecule has 0 saturated carbocycles. The normalized spacial score (nSPS) is 19.4. The van der Waals surface area contributed by atoms with Gasteiger partial charge >= 0.3 is 0 Å². The Labute approximate surface area is 181 Å².